The summed E-state index contributed by atoms with van der Waals surface area (Å²) in [5, 5.41) is 3.90. The standard InChI is InChI=1S/C12H14N4O3/c1-18-12-9(3-2-4-14-12)8-19-11(17)7-16-6-10(13)5-15-16/h2-6H,7-8,13H2,1H3. The molecule has 7 nitrogen and oxygen atoms in total. The van der Waals surface area contributed by atoms with Crippen LogP contribution >= 0.6 is 0 Å². The van der Waals surface area contributed by atoms with Crippen molar-refractivity contribution in [3.63, 3.8) is 0 Å². The highest BCUT2D eigenvalue weighted by Gasteiger charge is 2.09. The molecule has 0 aliphatic rings. The monoisotopic (exact) mass is 262 g/mol. The summed E-state index contributed by atoms with van der Waals surface area (Å²) in [6.07, 6.45) is 4.64. The second-order valence-corrected chi connectivity index (χ2v) is 3.80. The first-order valence-corrected chi connectivity index (χ1v) is 5.60. The van der Waals surface area contributed by atoms with E-state index in [9.17, 15) is 4.79 Å². The van der Waals surface area contributed by atoms with Crippen LogP contribution in [0.2, 0.25) is 0 Å². The van der Waals surface area contributed by atoms with Crippen molar-refractivity contribution >= 4 is 11.7 Å². The summed E-state index contributed by atoms with van der Waals surface area (Å²) >= 11 is 0. The average Bonchev–Trinajstić information content (AvgIpc) is 2.82. The molecule has 0 saturated heterocycles. The predicted molar refractivity (Wildman–Crippen MR) is 67.2 cm³/mol. The van der Waals surface area contributed by atoms with Gasteiger partial charge in [0.25, 0.3) is 0 Å². The van der Waals surface area contributed by atoms with Gasteiger partial charge in [-0.05, 0) is 12.1 Å². The fourth-order valence-electron chi connectivity index (χ4n) is 1.52. The van der Waals surface area contributed by atoms with Gasteiger partial charge in [0.1, 0.15) is 13.2 Å². The lowest BCUT2D eigenvalue weighted by Crippen LogP contribution is -2.14. The van der Waals surface area contributed by atoms with E-state index in [0.29, 0.717) is 17.1 Å². The predicted octanol–water partition coefficient (Wildman–Crippen LogP) is 0.612. The highest BCUT2D eigenvalue weighted by Crippen LogP contribution is 2.14. The topological polar surface area (TPSA) is 92.3 Å². The number of pyridine rings is 1. The van der Waals surface area contributed by atoms with E-state index in [4.69, 9.17) is 15.2 Å². The molecular weight excluding hydrogens is 248 g/mol. The molecule has 7 heteroatoms. The third-order valence-electron chi connectivity index (χ3n) is 2.38. The second-order valence-electron chi connectivity index (χ2n) is 3.80. The number of aromatic nitrogens is 3. The van der Waals surface area contributed by atoms with Crippen LogP contribution in [-0.2, 0) is 22.7 Å². The van der Waals surface area contributed by atoms with Crippen LogP contribution in [0.5, 0.6) is 5.88 Å². The van der Waals surface area contributed by atoms with Gasteiger partial charge in [0.05, 0.1) is 24.6 Å². The fraction of sp³-hybridized carbons (Fsp3) is 0.250. The van der Waals surface area contributed by atoms with Gasteiger partial charge in [-0.3, -0.25) is 9.48 Å². The van der Waals surface area contributed by atoms with E-state index in [1.54, 1.807) is 24.5 Å². The van der Waals surface area contributed by atoms with Gasteiger partial charge < -0.3 is 15.2 Å². The summed E-state index contributed by atoms with van der Waals surface area (Å²) < 4.78 is 11.6. The lowest BCUT2D eigenvalue weighted by molar-refractivity contribution is -0.145. The lowest BCUT2D eigenvalue weighted by atomic mass is 10.3. The molecule has 2 N–H and O–H groups in total. The number of ether oxygens (including phenoxy) is 2. The summed E-state index contributed by atoms with van der Waals surface area (Å²) in [6.45, 7) is 0.117. The Bertz CT molecular complexity index is 568. The van der Waals surface area contributed by atoms with Crippen LogP contribution in [0.3, 0.4) is 0 Å². The molecular formula is C12H14N4O3. The van der Waals surface area contributed by atoms with Crippen molar-refractivity contribution in [1.29, 1.82) is 0 Å². The van der Waals surface area contributed by atoms with E-state index in [1.807, 2.05) is 0 Å². The van der Waals surface area contributed by atoms with Gasteiger partial charge in [-0.1, -0.05) is 0 Å². The van der Waals surface area contributed by atoms with Crippen LogP contribution in [0.4, 0.5) is 5.69 Å². The molecule has 0 spiro atoms. The number of hydrogen-bond donors (Lipinski definition) is 1. The van der Waals surface area contributed by atoms with Crippen molar-refractivity contribution < 1.29 is 14.3 Å². The van der Waals surface area contributed by atoms with Gasteiger partial charge in [0, 0.05) is 12.4 Å². The van der Waals surface area contributed by atoms with Crippen LogP contribution in [0.25, 0.3) is 0 Å². The minimum Gasteiger partial charge on any atom is -0.481 e. The van der Waals surface area contributed by atoms with Crippen molar-refractivity contribution in [2.75, 3.05) is 12.8 Å². The molecule has 0 aromatic carbocycles. The van der Waals surface area contributed by atoms with E-state index in [1.165, 1.54) is 18.0 Å². The number of rotatable bonds is 5. The van der Waals surface area contributed by atoms with E-state index in [2.05, 4.69) is 10.1 Å². The minimum atomic E-state index is -0.408. The Balaban J connectivity index is 1.89. The third kappa shape index (κ3) is 3.44. The molecule has 0 fully saturated rings. The highest BCUT2D eigenvalue weighted by atomic mass is 16.5. The maximum atomic E-state index is 11.6. The Morgan fingerprint density at radius 3 is 3.05 bits per heavy atom. The van der Waals surface area contributed by atoms with E-state index >= 15 is 0 Å². The molecule has 0 atom stereocenters. The van der Waals surface area contributed by atoms with Crippen LogP contribution in [0.15, 0.2) is 30.7 Å². The Kier molecular flexibility index (Phi) is 3.97. The van der Waals surface area contributed by atoms with Gasteiger partial charge >= 0.3 is 5.97 Å². The zero-order valence-corrected chi connectivity index (χ0v) is 10.4. The number of nitrogens with zero attached hydrogens (tertiary/aromatic N) is 3. The van der Waals surface area contributed by atoms with Gasteiger partial charge in [-0.25, -0.2) is 4.98 Å². The third-order valence-corrected chi connectivity index (χ3v) is 2.38. The summed E-state index contributed by atoms with van der Waals surface area (Å²) in [4.78, 5) is 15.6. The normalized spacial score (nSPS) is 10.2. The van der Waals surface area contributed by atoms with Gasteiger partial charge in [-0.15, -0.1) is 0 Å². The zero-order valence-electron chi connectivity index (χ0n) is 10.4. The highest BCUT2D eigenvalue weighted by molar-refractivity contribution is 5.69. The number of anilines is 1. The quantitative estimate of drug-likeness (QED) is 0.794. The summed E-state index contributed by atoms with van der Waals surface area (Å²) in [5.74, 6) is 0.0349. The lowest BCUT2D eigenvalue weighted by Gasteiger charge is -2.08. The SMILES string of the molecule is COc1ncccc1COC(=O)Cn1cc(N)cn1. The molecule has 2 rings (SSSR count). The molecule has 0 aliphatic carbocycles. The first kappa shape index (κ1) is 12.9. The Labute approximate surface area is 110 Å². The van der Waals surface area contributed by atoms with Gasteiger partial charge in [0.15, 0.2) is 0 Å². The van der Waals surface area contributed by atoms with E-state index < -0.39 is 5.97 Å². The molecule has 2 aromatic heterocycles. The molecule has 0 aliphatic heterocycles. The molecule has 19 heavy (non-hydrogen) atoms. The maximum Gasteiger partial charge on any atom is 0.328 e. The minimum absolute atomic E-state index is 0.0137. The maximum absolute atomic E-state index is 11.6. The number of carbonyl (C=O) groups is 1. The van der Waals surface area contributed by atoms with Crippen LogP contribution in [0, 0.1) is 0 Å². The van der Waals surface area contributed by atoms with Gasteiger partial charge in [0.2, 0.25) is 5.88 Å². The number of esters is 1. The Morgan fingerprint density at radius 1 is 1.53 bits per heavy atom. The molecule has 2 aromatic rings. The Hall–Kier alpha value is -2.57. The number of carbonyl (C=O) groups excluding carboxylic acids is 1. The summed E-state index contributed by atoms with van der Waals surface area (Å²) in [6, 6.07) is 3.53. The van der Waals surface area contributed by atoms with Crippen molar-refractivity contribution in [3.8, 4) is 5.88 Å². The van der Waals surface area contributed by atoms with Crippen LogP contribution in [-0.4, -0.2) is 27.8 Å². The second kappa shape index (κ2) is 5.85. The molecule has 0 bridgehead atoms. The molecule has 2 heterocycles. The molecule has 0 saturated carbocycles. The number of nitrogens with two attached hydrogens (primary N) is 1. The first-order chi connectivity index (χ1) is 9.19. The van der Waals surface area contributed by atoms with Crippen LogP contribution < -0.4 is 10.5 Å². The van der Waals surface area contributed by atoms with E-state index in [0.717, 1.165) is 0 Å². The molecule has 0 amide bonds. The van der Waals surface area contributed by atoms with Crippen molar-refractivity contribution in [2.24, 2.45) is 0 Å². The fourth-order valence-corrected chi connectivity index (χ4v) is 1.52. The molecule has 100 valence electrons. The van der Waals surface area contributed by atoms with Crippen molar-refractivity contribution in [2.45, 2.75) is 13.2 Å². The smallest absolute Gasteiger partial charge is 0.328 e. The van der Waals surface area contributed by atoms with Crippen molar-refractivity contribution in [3.05, 3.63) is 36.3 Å². The number of hydrogen-bond acceptors (Lipinski definition) is 6. The summed E-state index contributed by atoms with van der Waals surface area (Å²) in [7, 11) is 1.51. The zero-order chi connectivity index (χ0) is 13.7. The molecule has 0 radical (unpaired) electrons. The number of nitrogen functional groups attached to an aromatic ring is 1. The largest absolute Gasteiger partial charge is 0.481 e. The Morgan fingerprint density at radius 2 is 2.37 bits per heavy atom. The number of methoxy groups -OCH3 is 1. The van der Waals surface area contributed by atoms with Gasteiger partial charge in [-0.2, -0.15) is 5.10 Å². The molecule has 0 unspecified atom stereocenters. The van der Waals surface area contributed by atoms with Crippen molar-refractivity contribution in [1.82, 2.24) is 14.8 Å². The first-order valence-electron chi connectivity index (χ1n) is 5.60. The van der Waals surface area contributed by atoms with Crippen LogP contribution in [0.1, 0.15) is 5.56 Å². The van der Waals surface area contributed by atoms with E-state index in [-0.39, 0.29) is 13.2 Å². The average molecular weight is 262 g/mol. The summed E-state index contributed by atoms with van der Waals surface area (Å²) in [5.41, 5.74) is 6.71.